The highest BCUT2D eigenvalue weighted by molar-refractivity contribution is 6.18. The molecule has 0 radical (unpaired) electrons. The van der Waals surface area contributed by atoms with Gasteiger partial charge in [-0.15, -0.1) is 5.10 Å². The number of furan rings is 1. The minimum atomic E-state index is -0.363. The summed E-state index contributed by atoms with van der Waals surface area (Å²) in [5, 5.41) is 15.0. The third kappa shape index (κ3) is 4.33. The van der Waals surface area contributed by atoms with Gasteiger partial charge in [-0.2, -0.15) is 4.68 Å². The van der Waals surface area contributed by atoms with Crippen LogP contribution in [0.15, 0.2) is 71.3 Å². The zero-order chi connectivity index (χ0) is 22.6. The van der Waals surface area contributed by atoms with Gasteiger partial charge in [-0.25, -0.2) is 0 Å². The Balaban J connectivity index is 1.46. The van der Waals surface area contributed by atoms with Gasteiger partial charge in [0.05, 0.1) is 12.3 Å². The number of nitrogens with one attached hydrogen (secondary N) is 1. The van der Waals surface area contributed by atoms with Crippen molar-refractivity contribution in [1.82, 2.24) is 25.5 Å². The minimum absolute atomic E-state index is 0.221. The third-order valence-electron chi connectivity index (χ3n) is 5.20. The van der Waals surface area contributed by atoms with Gasteiger partial charge in [-0.1, -0.05) is 36.4 Å². The van der Waals surface area contributed by atoms with Gasteiger partial charge in [0.1, 0.15) is 24.7 Å². The van der Waals surface area contributed by atoms with Crippen LogP contribution in [0, 0.1) is 0 Å². The summed E-state index contributed by atoms with van der Waals surface area (Å²) in [6.45, 7) is 2.91. The van der Waals surface area contributed by atoms with Gasteiger partial charge in [-0.3, -0.25) is 4.79 Å². The van der Waals surface area contributed by atoms with Crippen LogP contribution in [-0.2, 0) is 4.79 Å². The summed E-state index contributed by atoms with van der Waals surface area (Å²) < 4.78 is 18.1. The number of aromatic nitrogens is 4. The average Bonchev–Trinajstić information content (AvgIpc) is 3.55. The molecule has 9 heteroatoms. The smallest absolute Gasteiger partial charge is 0.270 e. The molecule has 2 aromatic heterocycles. The number of rotatable bonds is 6. The van der Waals surface area contributed by atoms with Crippen LogP contribution in [0.25, 0.3) is 23.2 Å². The summed E-state index contributed by atoms with van der Waals surface area (Å²) in [7, 11) is 0. The third-order valence-corrected chi connectivity index (χ3v) is 5.20. The summed E-state index contributed by atoms with van der Waals surface area (Å²) in [4.78, 5) is 13.4. The predicted octanol–water partition coefficient (Wildman–Crippen LogP) is 3.58. The molecule has 3 heterocycles. The Labute approximate surface area is 189 Å². The molecule has 0 aliphatic carbocycles. The Kier molecular flexibility index (Phi) is 5.59. The second-order valence-corrected chi connectivity index (χ2v) is 7.42. The fourth-order valence-electron chi connectivity index (χ4n) is 3.53. The number of benzene rings is 2. The van der Waals surface area contributed by atoms with Crippen molar-refractivity contribution in [2.45, 2.75) is 13.0 Å². The topological polar surface area (TPSA) is 104 Å². The number of fused-ring (bicyclic) bond motifs is 1. The zero-order valence-electron chi connectivity index (χ0n) is 17.8. The number of amides is 1. The molecule has 0 bridgehead atoms. The van der Waals surface area contributed by atoms with Crippen molar-refractivity contribution in [3.63, 3.8) is 0 Å². The van der Waals surface area contributed by atoms with E-state index < -0.39 is 0 Å². The largest absolute Gasteiger partial charge is 0.486 e. The van der Waals surface area contributed by atoms with E-state index >= 15 is 0 Å². The Morgan fingerprint density at radius 1 is 1.06 bits per heavy atom. The normalized spacial score (nSPS) is 14.0. The first-order valence-corrected chi connectivity index (χ1v) is 10.5. The number of carbonyl (C=O) groups excluding carboxylic acids is 1. The van der Waals surface area contributed by atoms with Crippen LogP contribution in [0.3, 0.4) is 0 Å². The summed E-state index contributed by atoms with van der Waals surface area (Å²) in [6, 6.07) is 18.2. The quantitative estimate of drug-likeness (QED) is 0.454. The molecule has 2 aromatic carbocycles. The zero-order valence-corrected chi connectivity index (χ0v) is 17.8. The molecule has 1 unspecified atom stereocenters. The lowest BCUT2D eigenvalue weighted by Gasteiger charge is -2.21. The molecule has 33 heavy (non-hydrogen) atoms. The van der Waals surface area contributed by atoms with Crippen molar-refractivity contribution in [3.8, 4) is 22.9 Å². The van der Waals surface area contributed by atoms with E-state index in [-0.39, 0.29) is 17.6 Å². The van der Waals surface area contributed by atoms with Crippen molar-refractivity contribution in [2.75, 3.05) is 13.2 Å². The monoisotopic (exact) mass is 443 g/mol. The van der Waals surface area contributed by atoms with Crippen molar-refractivity contribution < 1.29 is 18.7 Å². The van der Waals surface area contributed by atoms with Gasteiger partial charge in [-0.05, 0) is 47.2 Å². The van der Waals surface area contributed by atoms with Crippen molar-refractivity contribution in [2.24, 2.45) is 0 Å². The number of ether oxygens (including phenoxy) is 2. The Morgan fingerprint density at radius 3 is 2.67 bits per heavy atom. The van der Waals surface area contributed by atoms with Crippen LogP contribution < -0.4 is 14.8 Å². The highest BCUT2D eigenvalue weighted by Gasteiger charge is 2.22. The van der Waals surface area contributed by atoms with E-state index in [0.29, 0.717) is 36.3 Å². The Bertz CT molecular complexity index is 1280. The van der Waals surface area contributed by atoms with E-state index in [1.165, 1.54) is 10.9 Å². The molecule has 0 saturated carbocycles. The summed E-state index contributed by atoms with van der Waals surface area (Å²) in [5.41, 5.74) is 1.88. The van der Waals surface area contributed by atoms with E-state index in [0.717, 1.165) is 11.1 Å². The van der Waals surface area contributed by atoms with Gasteiger partial charge in [0, 0.05) is 11.6 Å². The maximum atomic E-state index is 13.4. The van der Waals surface area contributed by atoms with E-state index in [9.17, 15) is 4.79 Å². The number of hydrogen-bond acceptors (Lipinski definition) is 7. The first-order valence-electron chi connectivity index (χ1n) is 10.5. The van der Waals surface area contributed by atoms with E-state index in [4.69, 9.17) is 13.9 Å². The van der Waals surface area contributed by atoms with Crippen LogP contribution >= 0.6 is 0 Å². The molecule has 1 N–H and O–H groups in total. The van der Waals surface area contributed by atoms with Crippen LogP contribution in [0.5, 0.6) is 11.5 Å². The van der Waals surface area contributed by atoms with Gasteiger partial charge in [0.15, 0.2) is 17.3 Å². The first-order chi connectivity index (χ1) is 16.2. The molecule has 9 nitrogen and oxygen atoms in total. The number of nitrogens with zero attached hydrogens (tertiary/aromatic N) is 4. The molecule has 0 fully saturated rings. The predicted molar refractivity (Wildman–Crippen MR) is 120 cm³/mol. The SMILES string of the molecule is CC(NC(=O)/C(=C\c1ccco1)n1nnnc1-c1ccccc1)c1ccc2c(c1)OCCO2. The standard InChI is InChI=1S/C24H21N5O4/c1-16(18-9-10-21-22(14-18)33-13-12-32-21)25-24(30)20(15-19-8-5-11-31-19)29-23(26-27-28-29)17-6-3-2-4-7-17/h2-11,14-16H,12-13H2,1H3,(H,25,30)/b20-15+. The molecule has 1 aliphatic rings. The molecule has 4 aromatic rings. The fourth-order valence-corrected chi connectivity index (χ4v) is 3.53. The highest BCUT2D eigenvalue weighted by Crippen LogP contribution is 2.32. The summed E-state index contributed by atoms with van der Waals surface area (Å²) >= 11 is 0. The molecule has 166 valence electrons. The Hall–Kier alpha value is -4.40. The molecule has 1 atom stereocenters. The van der Waals surface area contributed by atoms with Crippen molar-refractivity contribution in [1.29, 1.82) is 0 Å². The van der Waals surface area contributed by atoms with Gasteiger partial charge < -0.3 is 19.2 Å². The van der Waals surface area contributed by atoms with E-state index in [1.54, 1.807) is 18.2 Å². The maximum Gasteiger partial charge on any atom is 0.270 e. The summed E-state index contributed by atoms with van der Waals surface area (Å²) in [5.74, 6) is 1.94. The molecule has 0 saturated heterocycles. The lowest BCUT2D eigenvalue weighted by molar-refractivity contribution is -0.116. The highest BCUT2D eigenvalue weighted by atomic mass is 16.6. The van der Waals surface area contributed by atoms with Gasteiger partial charge >= 0.3 is 0 Å². The van der Waals surface area contributed by atoms with Crippen LogP contribution in [0.1, 0.15) is 24.3 Å². The van der Waals surface area contributed by atoms with Crippen LogP contribution in [0.4, 0.5) is 0 Å². The molecule has 0 spiro atoms. The average molecular weight is 443 g/mol. The van der Waals surface area contributed by atoms with Gasteiger partial charge in [0.25, 0.3) is 5.91 Å². The number of hydrogen-bond donors (Lipinski definition) is 1. The summed E-state index contributed by atoms with van der Waals surface area (Å²) in [6.07, 6.45) is 3.14. The first kappa shape index (κ1) is 20.5. The van der Waals surface area contributed by atoms with Gasteiger partial charge in [0.2, 0.25) is 0 Å². The van der Waals surface area contributed by atoms with E-state index in [2.05, 4.69) is 20.8 Å². The van der Waals surface area contributed by atoms with Crippen LogP contribution in [0.2, 0.25) is 0 Å². The molecule has 1 aliphatic heterocycles. The van der Waals surface area contributed by atoms with Crippen molar-refractivity contribution in [3.05, 3.63) is 78.3 Å². The van der Waals surface area contributed by atoms with Crippen LogP contribution in [-0.4, -0.2) is 39.3 Å². The number of tetrazole rings is 1. The molecular weight excluding hydrogens is 422 g/mol. The Morgan fingerprint density at radius 2 is 1.88 bits per heavy atom. The fraction of sp³-hybridized carbons (Fsp3) is 0.167. The van der Waals surface area contributed by atoms with Crippen molar-refractivity contribution >= 4 is 17.7 Å². The maximum absolute atomic E-state index is 13.4. The minimum Gasteiger partial charge on any atom is -0.486 e. The van der Waals surface area contributed by atoms with E-state index in [1.807, 2.05) is 55.5 Å². The molecule has 1 amide bonds. The molecular formula is C24H21N5O4. The number of carbonyl (C=O) groups is 1. The lowest BCUT2D eigenvalue weighted by Crippen LogP contribution is -2.30. The second kappa shape index (κ2) is 8.99. The molecule has 5 rings (SSSR count). The lowest BCUT2D eigenvalue weighted by atomic mass is 10.1. The second-order valence-electron chi connectivity index (χ2n) is 7.42.